The average Bonchev–Trinajstić information content (AvgIpc) is 3.38. The van der Waals surface area contributed by atoms with Gasteiger partial charge in [0.2, 0.25) is 0 Å². The van der Waals surface area contributed by atoms with Gasteiger partial charge in [-0.05, 0) is 48.0 Å². The Labute approximate surface area is 227 Å². The van der Waals surface area contributed by atoms with Gasteiger partial charge in [0.15, 0.2) is 0 Å². The van der Waals surface area contributed by atoms with E-state index in [9.17, 15) is 0 Å². The number of hydrogen-bond acceptors (Lipinski definition) is 3. The van der Waals surface area contributed by atoms with Crippen molar-refractivity contribution in [3.8, 4) is 11.1 Å². The molecular weight excluding hydrogens is 476 g/mol. The number of nitrogens with zero attached hydrogens (tertiary/aromatic N) is 1. The highest BCUT2D eigenvalue weighted by Crippen LogP contribution is 2.45. The Morgan fingerprint density at radius 3 is 1.82 bits per heavy atom. The van der Waals surface area contributed by atoms with Gasteiger partial charge in [0.25, 0.3) is 0 Å². The zero-order valence-corrected chi connectivity index (χ0v) is 21.3. The summed E-state index contributed by atoms with van der Waals surface area (Å²) in [6, 6.07) is 52.5. The number of hydrogen-bond donors (Lipinski definition) is 1. The summed E-state index contributed by atoms with van der Waals surface area (Å²) in [7, 11) is 0. The summed E-state index contributed by atoms with van der Waals surface area (Å²) in [5.41, 5.74) is 9.23. The van der Waals surface area contributed by atoms with Crippen molar-refractivity contribution in [3.05, 3.63) is 152 Å². The van der Waals surface area contributed by atoms with E-state index in [0.29, 0.717) is 0 Å². The second kappa shape index (κ2) is 9.88. The molecule has 186 valence electrons. The summed E-state index contributed by atoms with van der Waals surface area (Å²) in [4.78, 5) is 2.30. The zero-order valence-electron chi connectivity index (χ0n) is 21.3. The first-order valence-corrected chi connectivity index (χ1v) is 13.1. The van der Waals surface area contributed by atoms with Gasteiger partial charge in [-0.25, -0.2) is 0 Å². The summed E-state index contributed by atoms with van der Waals surface area (Å²) >= 11 is 0. The van der Waals surface area contributed by atoms with Crippen LogP contribution in [0.4, 0.5) is 28.4 Å². The molecule has 7 aromatic rings. The summed E-state index contributed by atoms with van der Waals surface area (Å²) < 4.78 is 6.44. The Hall–Kier alpha value is -5.28. The molecule has 1 aromatic heterocycles. The summed E-state index contributed by atoms with van der Waals surface area (Å²) in [5, 5.41) is 5.90. The van der Waals surface area contributed by atoms with E-state index in [1.165, 1.54) is 5.56 Å². The lowest BCUT2D eigenvalue weighted by Crippen LogP contribution is -2.10. The minimum absolute atomic E-state index is 0.838. The predicted molar refractivity (Wildman–Crippen MR) is 164 cm³/mol. The van der Waals surface area contributed by atoms with Crippen LogP contribution in [0.15, 0.2) is 156 Å². The van der Waals surface area contributed by atoms with Crippen LogP contribution in [-0.4, -0.2) is 0 Å². The van der Waals surface area contributed by atoms with Gasteiger partial charge in [-0.1, -0.05) is 103 Å². The maximum absolute atomic E-state index is 6.44. The number of fused-ring (bicyclic) bond motifs is 3. The predicted octanol–water partition coefficient (Wildman–Crippen LogP) is 10.5. The van der Waals surface area contributed by atoms with Gasteiger partial charge in [0, 0.05) is 39.8 Å². The maximum Gasteiger partial charge on any atom is 0.139 e. The van der Waals surface area contributed by atoms with Crippen molar-refractivity contribution < 1.29 is 4.42 Å². The molecule has 0 unspecified atom stereocenters. The van der Waals surface area contributed by atoms with Crippen LogP contribution in [-0.2, 0) is 0 Å². The standard InChI is InChI=1S/C36H26N2O/c1-4-14-26(15-5-1)30-20-10-12-22-32(30)37-27-24-33(36-31-21-11-13-23-34(31)39-35(36)25-27)38(28-16-6-2-7-17-28)29-18-8-3-9-19-29/h1-25,37H. The van der Waals surface area contributed by atoms with Crippen molar-refractivity contribution in [3.63, 3.8) is 0 Å². The number of anilines is 5. The molecule has 0 aliphatic rings. The van der Waals surface area contributed by atoms with Crippen molar-refractivity contribution in [2.45, 2.75) is 0 Å². The Morgan fingerprint density at radius 2 is 1.10 bits per heavy atom. The van der Waals surface area contributed by atoms with Crippen LogP contribution >= 0.6 is 0 Å². The van der Waals surface area contributed by atoms with Crippen LogP contribution in [0.1, 0.15) is 0 Å². The Balaban J connectivity index is 1.46. The van der Waals surface area contributed by atoms with Crippen molar-refractivity contribution in [1.29, 1.82) is 0 Å². The Kier molecular flexibility index (Phi) is 5.80. The molecule has 0 saturated heterocycles. The van der Waals surface area contributed by atoms with E-state index in [0.717, 1.165) is 55.9 Å². The second-order valence-corrected chi connectivity index (χ2v) is 9.51. The van der Waals surface area contributed by atoms with Gasteiger partial charge in [-0.2, -0.15) is 0 Å². The molecule has 0 saturated carbocycles. The molecule has 7 rings (SSSR count). The lowest BCUT2D eigenvalue weighted by molar-refractivity contribution is 0.669. The molecule has 0 aliphatic heterocycles. The molecule has 0 fully saturated rings. The topological polar surface area (TPSA) is 28.4 Å². The summed E-state index contributed by atoms with van der Waals surface area (Å²) in [6.07, 6.45) is 0. The van der Waals surface area contributed by atoms with Crippen molar-refractivity contribution in [2.24, 2.45) is 0 Å². The normalized spacial score (nSPS) is 11.1. The molecule has 0 radical (unpaired) electrons. The Morgan fingerprint density at radius 1 is 0.513 bits per heavy atom. The van der Waals surface area contributed by atoms with Crippen LogP contribution in [0.5, 0.6) is 0 Å². The maximum atomic E-state index is 6.44. The van der Waals surface area contributed by atoms with Crippen LogP contribution in [0, 0.1) is 0 Å². The fourth-order valence-corrected chi connectivity index (χ4v) is 5.28. The zero-order chi connectivity index (χ0) is 26.0. The molecule has 0 atom stereocenters. The molecule has 0 bridgehead atoms. The first-order chi connectivity index (χ1) is 19.3. The molecule has 6 aromatic carbocycles. The molecule has 3 nitrogen and oxygen atoms in total. The number of rotatable bonds is 6. The van der Waals surface area contributed by atoms with E-state index in [2.05, 4.69) is 132 Å². The van der Waals surface area contributed by atoms with Gasteiger partial charge >= 0.3 is 0 Å². The second-order valence-electron chi connectivity index (χ2n) is 9.51. The lowest BCUT2D eigenvalue weighted by Gasteiger charge is -2.27. The third kappa shape index (κ3) is 4.30. The van der Waals surface area contributed by atoms with E-state index in [1.54, 1.807) is 0 Å². The minimum atomic E-state index is 0.838. The lowest BCUT2D eigenvalue weighted by atomic mass is 10.0. The molecule has 0 aliphatic carbocycles. The molecule has 39 heavy (non-hydrogen) atoms. The van der Waals surface area contributed by atoms with Gasteiger partial charge in [-0.3, -0.25) is 0 Å². The third-order valence-corrected chi connectivity index (χ3v) is 7.02. The fourth-order valence-electron chi connectivity index (χ4n) is 5.28. The number of furan rings is 1. The molecule has 1 N–H and O–H groups in total. The first-order valence-electron chi connectivity index (χ1n) is 13.1. The highest BCUT2D eigenvalue weighted by Gasteiger charge is 2.20. The highest BCUT2D eigenvalue weighted by molar-refractivity contribution is 6.14. The van der Waals surface area contributed by atoms with E-state index < -0.39 is 0 Å². The van der Waals surface area contributed by atoms with Crippen molar-refractivity contribution in [2.75, 3.05) is 10.2 Å². The van der Waals surface area contributed by atoms with E-state index in [1.807, 2.05) is 30.3 Å². The fraction of sp³-hybridized carbons (Fsp3) is 0. The largest absolute Gasteiger partial charge is 0.456 e. The number of para-hydroxylation sites is 4. The van der Waals surface area contributed by atoms with Gasteiger partial charge in [0.05, 0.1) is 11.1 Å². The third-order valence-electron chi connectivity index (χ3n) is 7.02. The number of nitrogens with one attached hydrogen (secondary N) is 1. The van der Waals surface area contributed by atoms with Crippen molar-refractivity contribution in [1.82, 2.24) is 0 Å². The van der Waals surface area contributed by atoms with Gasteiger partial charge in [0.1, 0.15) is 11.2 Å². The van der Waals surface area contributed by atoms with Crippen LogP contribution < -0.4 is 10.2 Å². The van der Waals surface area contributed by atoms with E-state index in [-0.39, 0.29) is 0 Å². The number of benzene rings is 6. The highest BCUT2D eigenvalue weighted by atomic mass is 16.3. The quantitative estimate of drug-likeness (QED) is 0.245. The van der Waals surface area contributed by atoms with Crippen molar-refractivity contribution >= 4 is 50.4 Å². The smallest absolute Gasteiger partial charge is 0.139 e. The van der Waals surface area contributed by atoms with Gasteiger partial charge in [-0.15, -0.1) is 0 Å². The molecule has 0 spiro atoms. The first kappa shape index (κ1) is 22.9. The van der Waals surface area contributed by atoms with Crippen LogP contribution in [0.25, 0.3) is 33.1 Å². The van der Waals surface area contributed by atoms with E-state index >= 15 is 0 Å². The van der Waals surface area contributed by atoms with Crippen LogP contribution in [0.3, 0.4) is 0 Å². The molecule has 3 heteroatoms. The average molecular weight is 503 g/mol. The van der Waals surface area contributed by atoms with Gasteiger partial charge < -0.3 is 14.6 Å². The SMILES string of the molecule is c1ccc(-c2ccccc2Nc2cc(N(c3ccccc3)c3ccccc3)c3c(c2)oc2ccccc23)cc1. The summed E-state index contributed by atoms with van der Waals surface area (Å²) in [5.74, 6) is 0. The molecule has 0 amide bonds. The molecular formula is C36H26N2O. The van der Waals surface area contributed by atoms with Crippen LogP contribution in [0.2, 0.25) is 0 Å². The monoisotopic (exact) mass is 502 g/mol. The minimum Gasteiger partial charge on any atom is -0.456 e. The molecule has 1 heterocycles. The van der Waals surface area contributed by atoms with E-state index in [4.69, 9.17) is 4.42 Å². The Bertz CT molecular complexity index is 1840. The summed E-state index contributed by atoms with van der Waals surface area (Å²) in [6.45, 7) is 0.